The highest BCUT2D eigenvalue weighted by Crippen LogP contribution is 2.29. The molecule has 0 aromatic heterocycles. The van der Waals surface area contributed by atoms with Crippen LogP contribution in [-0.2, 0) is 14.3 Å². The van der Waals surface area contributed by atoms with E-state index in [0.29, 0.717) is 0 Å². The first kappa shape index (κ1) is 11.8. The largest absolute Gasteiger partial charge is 0.394 e. The SMILES string of the molecule is CC1(C)O[C@H](CO)[C@H](C(=O)N2CCCC2)O1. The summed E-state index contributed by atoms with van der Waals surface area (Å²) in [5.74, 6) is -0.838. The van der Waals surface area contributed by atoms with Gasteiger partial charge in [-0.15, -0.1) is 0 Å². The number of carbonyl (C=O) groups is 1. The van der Waals surface area contributed by atoms with Gasteiger partial charge in [0.25, 0.3) is 5.91 Å². The van der Waals surface area contributed by atoms with E-state index < -0.39 is 18.0 Å². The first-order chi connectivity index (χ1) is 7.53. The van der Waals surface area contributed by atoms with Gasteiger partial charge in [0.05, 0.1) is 6.61 Å². The topological polar surface area (TPSA) is 59.0 Å². The highest BCUT2D eigenvalue weighted by Gasteiger charge is 2.46. The van der Waals surface area contributed by atoms with Crippen LogP contribution in [0.25, 0.3) is 0 Å². The lowest BCUT2D eigenvalue weighted by Crippen LogP contribution is -2.43. The van der Waals surface area contributed by atoms with Crippen molar-refractivity contribution in [2.75, 3.05) is 19.7 Å². The zero-order valence-corrected chi connectivity index (χ0v) is 9.81. The zero-order chi connectivity index (χ0) is 11.8. The van der Waals surface area contributed by atoms with E-state index in [2.05, 4.69) is 0 Å². The van der Waals surface area contributed by atoms with Crippen LogP contribution in [-0.4, -0.2) is 53.6 Å². The monoisotopic (exact) mass is 229 g/mol. The molecule has 0 saturated carbocycles. The van der Waals surface area contributed by atoms with Crippen LogP contribution in [0.2, 0.25) is 0 Å². The quantitative estimate of drug-likeness (QED) is 0.730. The number of hydrogen-bond donors (Lipinski definition) is 1. The van der Waals surface area contributed by atoms with E-state index in [4.69, 9.17) is 9.47 Å². The number of rotatable bonds is 2. The Labute approximate surface area is 95.3 Å². The minimum absolute atomic E-state index is 0.0536. The molecule has 0 bridgehead atoms. The molecular formula is C11H19NO4. The molecule has 0 aromatic rings. The van der Waals surface area contributed by atoms with Gasteiger partial charge in [0.15, 0.2) is 11.9 Å². The molecule has 2 aliphatic rings. The van der Waals surface area contributed by atoms with Crippen molar-refractivity contribution in [3.63, 3.8) is 0 Å². The number of aliphatic hydroxyl groups excluding tert-OH is 1. The molecule has 2 aliphatic heterocycles. The Kier molecular flexibility index (Phi) is 3.19. The van der Waals surface area contributed by atoms with Crippen LogP contribution in [0.1, 0.15) is 26.7 Å². The van der Waals surface area contributed by atoms with Crippen molar-refractivity contribution < 1.29 is 19.4 Å². The van der Waals surface area contributed by atoms with E-state index in [1.54, 1.807) is 18.7 Å². The second kappa shape index (κ2) is 4.31. The number of nitrogens with zero attached hydrogens (tertiary/aromatic N) is 1. The number of carbonyl (C=O) groups excluding carboxylic acids is 1. The summed E-state index contributed by atoms with van der Waals surface area (Å²) in [6.07, 6.45) is 0.903. The molecule has 16 heavy (non-hydrogen) atoms. The van der Waals surface area contributed by atoms with Crippen molar-refractivity contribution in [1.29, 1.82) is 0 Å². The van der Waals surface area contributed by atoms with Crippen LogP contribution in [0.4, 0.5) is 0 Å². The van der Waals surface area contributed by atoms with Crippen LogP contribution >= 0.6 is 0 Å². The lowest BCUT2D eigenvalue weighted by molar-refractivity contribution is -0.161. The van der Waals surface area contributed by atoms with E-state index in [1.807, 2.05) is 0 Å². The van der Waals surface area contributed by atoms with Crippen molar-refractivity contribution >= 4 is 5.91 Å². The van der Waals surface area contributed by atoms with E-state index in [9.17, 15) is 9.90 Å². The number of aliphatic hydroxyl groups is 1. The molecular weight excluding hydrogens is 210 g/mol. The van der Waals surface area contributed by atoms with Gasteiger partial charge < -0.3 is 19.5 Å². The molecule has 5 nitrogen and oxygen atoms in total. The van der Waals surface area contributed by atoms with Gasteiger partial charge in [-0.05, 0) is 26.7 Å². The molecule has 2 saturated heterocycles. The summed E-state index contributed by atoms with van der Waals surface area (Å²) in [6, 6.07) is 0. The van der Waals surface area contributed by atoms with Gasteiger partial charge in [-0.3, -0.25) is 4.79 Å². The fourth-order valence-electron chi connectivity index (χ4n) is 2.30. The fourth-order valence-corrected chi connectivity index (χ4v) is 2.30. The fraction of sp³-hybridized carbons (Fsp3) is 0.909. The number of amides is 1. The summed E-state index contributed by atoms with van der Waals surface area (Å²) >= 11 is 0. The second-order valence-corrected chi connectivity index (χ2v) is 4.81. The number of likely N-dealkylation sites (tertiary alicyclic amines) is 1. The zero-order valence-electron chi connectivity index (χ0n) is 9.81. The summed E-state index contributed by atoms with van der Waals surface area (Å²) in [5, 5.41) is 9.18. The lowest BCUT2D eigenvalue weighted by Gasteiger charge is -2.21. The van der Waals surface area contributed by atoms with Crippen LogP contribution in [0.15, 0.2) is 0 Å². The third kappa shape index (κ3) is 2.21. The molecule has 2 rings (SSSR count). The maximum atomic E-state index is 12.1. The molecule has 0 spiro atoms. The average molecular weight is 229 g/mol. The Balaban J connectivity index is 2.04. The van der Waals surface area contributed by atoms with Crippen LogP contribution < -0.4 is 0 Å². The van der Waals surface area contributed by atoms with Gasteiger partial charge in [-0.25, -0.2) is 0 Å². The first-order valence-corrected chi connectivity index (χ1v) is 5.79. The second-order valence-electron chi connectivity index (χ2n) is 4.81. The number of ether oxygens (including phenoxy) is 2. The van der Waals surface area contributed by atoms with Crippen LogP contribution in [0.3, 0.4) is 0 Å². The molecule has 0 aromatic carbocycles. The Morgan fingerprint density at radius 1 is 1.38 bits per heavy atom. The maximum absolute atomic E-state index is 12.1. The summed E-state index contributed by atoms with van der Waals surface area (Å²) in [4.78, 5) is 13.9. The molecule has 0 radical (unpaired) electrons. The summed E-state index contributed by atoms with van der Waals surface area (Å²) in [7, 11) is 0. The van der Waals surface area contributed by atoms with Crippen molar-refractivity contribution in [3.8, 4) is 0 Å². The highest BCUT2D eigenvalue weighted by atomic mass is 16.8. The Hall–Kier alpha value is -0.650. The minimum atomic E-state index is -0.784. The van der Waals surface area contributed by atoms with Crippen molar-refractivity contribution in [1.82, 2.24) is 4.90 Å². The maximum Gasteiger partial charge on any atom is 0.254 e. The third-order valence-electron chi connectivity index (χ3n) is 3.02. The number of hydrogen-bond acceptors (Lipinski definition) is 4. The van der Waals surface area contributed by atoms with Crippen molar-refractivity contribution in [2.45, 2.75) is 44.7 Å². The van der Waals surface area contributed by atoms with Crippen molar-refractivity contribution in [3.05, 3.63) is 0 Å². The highest BCUT2D eigenvalue weighted by molar-refractivity contribution is 5.82. The molecule has 2 heterocycles. The minimum Gasteiger partial charge on any atom is -0.394 e. The van der Waals surface area contributed by atoms with Crippen LogP contribution in [0, 0.1) is 0 Å². The van der Waals surface area contributed by atoms with Gasteiger partial charge in [-0.1, -0.05) is 0 Å². The summed E-state index contributed by atoms with van der Waals surface area (Å²) in [6.45, 7) is 4.90. The van der Waals surface area contributed by atoms with Crippen molar-refractivity contribution in [2.24, 2.45) is 0 Å². The normalized spacial score (nSPS) is 33.3. The van der Waals surface area contributed by atoms with E-state index >= 15 is 0 Å². The summed E-state index contributed by atoms with van der Waals surface area (Å²) in [5.41, 5.74) is 0. The Morgan fingerprint density at radius 2 is 2.00 bits per heavy atom. The van der Waals surface area contributed by atoms with E-state index in [-0.39, 0.29) is 12.5 Å². The molecule has 0 aliphatic carbocycles. The van der Waals surface area contributed by atoms with Gasteiger partial charge >= 0.3 is 0 Å². The average Bonchev–Trinajstić information content (AvgIpc) is 2.83. The van der Waals surface area contributed by atoms with E-state index in [1.165, 1.54) is 0 Å². The smallest absolute Gasteiger partial charge is 0.254 e. The van der Waals surface area contributed by atoms with E-state index in [0.717, 1.165) is 25.9 Å². The molecule has 92 valence electrons. The Morgan fingerprint density at radius 3 is 2.56 bits per heavy atom. The standard InChI is InChI=1S/C11H19NO4/c1-11(2)15-8(7-13)9(16-11)10(14)12-5-3-4-6-12/h8-9,13H,3-7H2,1-2H3/t8-,9-/m1/s1. The molecule has 1 amide bonds. The molecule has 2 fully saturated rings. The van der Waals surface area contributed by atoms with Gasteiger partial charge in [0, 0.05) is 13.1 Å². The predicted octanol–water partition coefficient (Wildman–Crippen LogP) is 0.121. The molecule has 1 N–H and O–H groups in total. The summed E-state index contributed by atoms with van der Waals surface area (Å²) < 4.78 is 11.0. The predicted molar refractivity (Wildman–Crippen MR) is 56.7 cm³/mol. The molecule has 5 heteroatoms. The first-order valence-electron chi connectivity index (χ1n) is 5.79. The molecule has 2 atom stereocenters. The van der Waals surface area contributed by atoms with Gasteiger partial charge in [-0.2, -0.15) is 0 Å². The third-order valence-corrected chi connectivity index (χ3v) is 3.02. The Bertz CT molecular complexity index is 273. The van der Waals surface area contributed by atoms with Gasteiger partial charge in [0.2, 0.25) is 0 Å². The van der Waals surface area contributed by atoms with Crippen LogP contribution in [0.5, 0.6) is 0 Å². The lowest BCUT2D eigenvalue weighted by atomic mass is 10.2. The van der Waals surface area contributed by atoms with Gasteiger partial charge in [0.1, 0.15) is 6.10 Å². The molecule has 0 unspecified atom stereocenters.